The van der Waals surface area contributed by atoms with Crippen LogP contribution in [0, 0.1) is 10.8 Å². The SMILES string of the molecule is COC(=O)C12CCC(C(=O)NNC(C)=O)(CC1)CC2. The first-order valence-corrected chi connectivity index (χ1v) is 6.60. The van der Waals surface area contributed by atoms with Crippen LogP contribution in [0.5, 0.6) is 0 Å². The third-order valence-corrected chi connectivity index (χ3v) is 4.70. The summed E-state index contributed by atoms with van der Waals surface area (Å²) in [6, 6.07) is 0. The molecule has 0 aromatic heterocycles. The predicted octanol–water partition coefficient (Wildman–Crippen LogP) is 0.667. The molecule has 0 saturated heterocycles. The summed E-state index contributed by atoms with van der Waals surface area (Å²) in [5.74, 6) is -0.579. The number of hydrogen-bond donors (Lipinski definition) is 2. The fourth-order valence-corrected chi connectivity index (χ4v) is 3.33. The Labute approximate surface area is 112 Å². The van der Waals surface area contributed by atoms with Gasteiger partial charge < -0.3 is 4.74 Å². The minimum absolute atomic E-state index is 0.138. The molecule has 2 bridgehead atoms. The van der Waals surface area contributed by atoms with E-state index in [0.717, 1.165) is 0 Å². The number of amides is 2. The highest BCUT2D eigenvalue weighted by Crippen LogP contribution is 2.57. The van der Waals surface area contributed by atoms with Gasteiger partial charge >= 0.3 is 5.97 Å². The zero-order valence-corrected chi connectivity index (χ0v) is 11.4. The summed E-state index contributed by atoms with van der Waals surface area (Å²) in [4.78, 5) is 34.9. The molecule has 3 fully saturated rings. The molecule has 3 aliphatic carbocycles. The van der Waals surface area contributed by atoms with Crippen molar-refractivity contribution in [3.05, 3.63) is 0 Å². The average molecular weight is 268 g/mol. The quantitative estimate of drug-likeness (QED) is 0.569. The minimum Gasteiger partial charge on any atom is -0.469 e. The van der Waals surface area contributed by atoms with Crippen LogP contribution in [0.2, 0.25) is 0 Å². The second kappa shape index (κ2) is 4.83. The summed E-state index contributed by atoms with van der Waals surface area (Å²) < 4.78 is 4.88. The van der Waals surface area contributed by atoms with E-state index < -0.39 is 5.41 Å². The molecule has 0 aromatic rings. The fraction of sp³-hybridized carbons (Fsp3) is 0.769. The van der Waals surface area contributed by atoms with Gasteiger partial charge in [0.05, 0.1) is 17.9 Å². The molecule has 6 heteroatoms. The number of ether oxygens (including phenoxy) is 1. The first-order valence-electron chi connectivity index (χ1n) is 6.60. The second-order valence-electron chi connectivity index (χ2n) is 5.69. The number of hydrogen-bond acceptors (Lipinski definition) is 4. The molecule has 19 heavy (non-hydrogen) atoms. The maximum Gasteiger partial charge on any atom is 0.311 e. The number of carbonyl (C=O) groups excluding carboxylic acids is 3. The van der Waals surface area contributed by atoms with E-state index in [4.69, 9.17) is 4.74 Å². The van der Waals surface area contributed by atoms with Crippen molar-refractivity contribution in [2.75, 3.05) is 7.11 Å². The van der Waals surface area contributed by atoms with E-state index in [1.54, 1.807) is 0 Å². The average Bonchev–Trinajstić information content (AvgIpc) is 2.45. The van der Waals surface area contributed by atoms with Crippen molar-refractivity contribution in [2.24, 2.45) is 10.8 Å². The molecule has 0 aromatic carbocycles. The molecule has 3 rings (SSSR count). The van der Waals surface area contributed by atoms with E-state index in [0.29, 0.717) is 38.5 Å². The van der Waals surface area contributed by atoms with Gasteiger partial charge in [-0.15, -0.1) is 0 Å². The van der Waals surface area contributed by atoms with Crippen LogP contribution < -0.4 is 10.9 Å². The van der Waals surface area contributed by atoms with Crippen molar-refractivity contribution in [1.82, 2.24) is 10.9 Å². The van der Waals surface area contributed by atoms with E-state index in [9.17, 15) is 14.4 Å². The number of methoxy groups -OCH3 is 1. The van der Waals surface area contributed by atoms with Gasteiger partial charge in [-0.25, -0.2) is 0 Å². The molecule has 3 aliphatic rings. The molecule has 0 atom stereocenters. The lowest BCUT2D eigenvalue weighted by atomic mass is 9.53. The van der Waals surface area contributed by atoms with Crippen LogP contribution >= 0.6 is 0 Å². The Morgan fingerprint density at radius 2 is 1.37 bits per heavy atom. The van der Waals surface area contributed by atoms with Crippen molar-refractivity contribution >= 4 is 17.8 Å². The predicted molar refractivity (Wildman–Crippen MR) is 66.5 cm³/mol. The largest absolute Gasteiger partial charge is 0.469 e. The van der Waals surface area contributed by atoms with Crippen LogP contribution in [0.1, 0.15) is 45.4 Å². The van der Waals surface area contributed by atoms with Gasteiger partial charge in [0.1, 0.15) is 0 Å². The number of fused-ring (bicyclic) bond motifs is 3. The number of esters is 1. The smallest absolute Gasteiger partial charge is 0.311 e. The third-order valence-electron chi connectivity index (χ3n) is 4.70. The van der Waals surface area contributed by atoms with E-state index in [1.807, 2.05) is 0 Å². The molecular weight excluding hydrogens is 248 g/mol. The van der Waals surface area contributed by atoms with E-state index in [1.165, 1.54) is 14.0 Å². The Morgan fingerprint density at radius 3 is 1.79 bits per heavy atom. The van der Waals surface area contributed by atoms with Gasteiger partial charge in [0.25, 0.3) is 0 Å². The third kappa shape index (κ3) is 2.31. The van der Waals surface area contributed by atoms with Crippen LogP contribution in [-0.2, 0) is 19.1 Å². The molecule has 2 N–H and O–H groups in total. The summed E-state index contributed by atoms with van der Waals surface area (Å²) in [6.07, 6.45) is 4.09. The van der Waals surface area contributed by atoms with Crippen LogP contribution in [-0.4, -0.2) is 24.9 Å². The maximum atomic E-state index is 12.2. The normalized spacial score (nSPS) is 32.5. The first kappa shape index (κ1) is 13.8. The molecule has 0 spiro atoms. The van der Waals surface area contributed by atoms with Crippen molar-refractivity contribution in [1.29, 1.82) is 0 Å². The Morgan fingerprint density at radius 1 is 0.895 bits per heavy atom. The molecule has 0 heterocycles. The highest BCUT2D eigenvalue weighted by molar-refractivity contribution is 5.86. The van der Waals surface area contributed by atoms with E-state index in [2.05, 4.69) is 10.9 Å². The number of rotatable bonds is 2. The zero-order chi connectivity index (χ0) is 14.1. The summed E-state index contributed by atoms with van der Waals surface area (Å²) >= 11 is 0. The van der Waals surface area contributed by atoms with Gasteiger partial charge in [-0.3, -0.25) is 25.2 Å². The standard InChI is InChI=1S/C13H20N2O4/c1-9(16)14-15-10(17)12-3-6-13(7-4-12,8-5-12)11(18)19-2/h3-8H2,1-2H3,(H,14,16)(H,15,17). The van der Waals surface area contributed by atoms with Gasteiger partial charge in [0.15, 0.2) is 0 Å². The monoisotopic (exact) mass is 268 g/mol. The Kier molecular flexibility index (Phi) is 3.52. The van der Waals surface area contributed by atoms with Gasteiger partial charge in [-0.1, -0.05) is 0 Å². The minimum atomic E-state index is -0.432. The first-order chi connectivity index (χ1) is 8.94. The lowest BCUT2D eigenvalue weighted by molar-refractivity contribution is -0.166. The van der Waals surface area contributed by atoms with Gasteiger partial charge in [-0.2, -0.15) is 0 Å². The maximum absolute atomic E-state index is 12.2. The highest BCUT2D eigenvalue weighted by Gasteiger charge is 2.56. The summed E-state index contributed by atoms with van der Waals surface area (Å²) in [7, 11) is 1.41. The summed E-state index contributed by atoms with van der Waals surface area (Å²) in [6.45, 7) is 1.35. The molecule has 2 amide bonds. The number of carbonyl (C=O) groups is 3. The lowest BCUT2D eigenvalue weighted by Gasteiger charge is -2.50. The number of nitrogens with one attached hydrogen (secondary N) is 2. The van der Waals surface area contributed by atoms with E-state index >= 15 is 0 Å². The van der Waals surface area contributed by atoms with Crippen molar-refractivity contribution in [3.8, 4) is 0 Å². The molecule has 0 aliphatic heterocycles. The zero-order valence-electron chi connectivity index (χ0n) is 11.4. The molecule has 106 valence electrons. The van der Waals surface area contributed by atoms with Crippen LogP contribution in [0.25, 0.3) is 0 Å². The van der Waals surface area contributed by atoms with Crippen molar-refractivity contribution < 1.29 is 19.1 Å². The molecule has 0 unspecified atom stereocenters. The Balaban J connectivity index is 2.02. The van der Waals surface area contributed by atoms with Gasteiger partial charge in [0.2, 0.25) is 11.8 Å². The Bertz CT molecular complexity index is 394. The van der Waals surface area contributed by atoms with Crippen molar-refractivity contribution in [3.63, 3.8) is 0 Å². The molecular formula is C13H20N2O4. The Hall–Kier alpha value is -1.59. The molecule has 6 nitrogen and oxygen atoms in total. The van der Waals surface area contributed by atoms with Crippen LogP contribution in [0.4, 0.5) is 0 Å². The fourth-order valence-electron chi connectivity index (χ4n) is 3.33. The second-order valence-corrected chi connectivity index (χ2v) is 5.69. The van der Waals surface area contributed by atoms with Crippen molar-refractivity contribution in [2.45, 2.75) is 45.4 Å². The molecule has 0 radical (unpaired) electrons. The summed E-state index contributed by atoms with van der Waals surface area (Å²) in [5.41, 5.74) is 3.99. The number of hydrazine groups is 1. The van der Waals surface area contributed by atoms with E-state index in [-0.39, 0.29) is 23.2 Å². The summed E-state index contributed by atoms with van der Waals surface area (Å²) in [5, 5.41) is 0. The van der Waals surface area contributed by atoms with Crippen LogP contribution in [0.15, 0.2) is 0 Å². The highest BCUT2D eigenvalue weighted by atomic mass is 16.5. The lowest BCUT2D eigenvalue weighted by Crippen LogP contribution is -2.55. The van der Waals surface area contributed by atoms with Gasteiger partial charge in [0, 0.05) is 6.92 Å². The van der Waals surface area contributed by atoms with Crippen LogP contribution in [0.3, 0.4) is 0 Å². The van der Waals surface area contributed by atoms with Gasteiger partial charge in [-0.05, 0) is 38.5 Å². The topological polar surface area (TPSA) is 84.5 Å². The molecule has 3 saturated carbocycles.